The number of aliphatic hydroxyl groups is 1. The van der Waals surface area contributed by atoms with Crippen LogP contribution in [0.4, 0.5) is 5.69 Å². The second-order valence-electron chi connectivity index (χ2n) is 8.27. The van der Waals surface area contributed by atoms with Crippen molar-refractivity contribution in [2.75, 3.05) is 57.9 Å². The Hall–Kier alpha value is -3.27. The van der Waals surface area contributed by atoms with Crippen molar-refractivity contribution in [3.8, 4) is 0 Å². The second-order valence-corrected chi connectivity index (χ2v) is 8.27. The van der Waals surface area contributed by atoms with E-state index in [1.54, 1.807) is 18.3 Å². The number of hydrogen-bond acceptors (Lipinski definition) is 8. The minimum absolute atomic E-state index is 0.0150. The summed E-state index contributed by atoms with van der Waals surface area (Å²) in [5.41, 5.74) is 4.49. The van der Waals surface area contributed by atoms with E-state index in [0.29, 0.717) is 31.0 Å². The number of ether oxygens (including phenoxy) is 2. The molecule has 0 bridgehead atoms. The lowest BCUT2D eigenvalue weighted by Crippen LogP contribution is -2.35. The van der Waals surface area contributed by atoms with Crippen molar-refractivity contribution in [3.05, 3.63) is 64.7 Å². The standard InChI is InChI=1S/C25H30N4O5/c30-11-14-34-24(31)18-28-8-7-20-5-6-23(15-22(20)17-28)27-25(32)21-3-1-19(2-4-21)16-26-29-9-12-33-13-10-29/h1-6,15-16,30H,7-14,17-18H2,(H,27,32)/b26-16+. The molecule has 0 atom stereocenters. The highest BCUT2D eigenvalue weighted by atomic mass is 16.5. The van der Waals surface area contributed by atoms with Crippen LogP contribution < -0.4 is 5.32 Å². The molecular formula is C25H30N4O5. The fourth-order valence-electron chi connectivity index (χ4n) is 3.96. The third-order valence-corrected chi connectivity index (χ3v) is 5.79. The topological polar surface area (TPSA) is 104 Å². The van der Waals surface area contributed by atoms with E-state index in [4.69, 9.17) is 14.6 Å². The maximum atomic E-state index is 12.7. The lowest BCUT2D eigenvalue weighted by atomic mass is 9.99. The zero-order chi connectivity index (χ0) is 23.8. The van der Waals surface area contributed by atoms with Gasteiger partial charge in [-0.25, -0.2) is 0 Å². The Morgan fingerprint density at radius 1 is 1.09 bits per heavy atom. The van der Waals surface area contributed by atoms with Gasteiger partial charge in [0, 0.05) is 24.3 Å². The minimum atomic E-state index is -0.347. The Bertz CT molecular complexity index is 1020. The molecule has 2 aliphatic rings. The van der Waals surface area contributed by atoms with Gasteiger partial charge in [-0.15, -0.1) is 0 Å². The lowest BCUT2D eigenvalue weighted by Gasteiger charge is -2.28. The monoisotopic (exact) mass is 466 g/mol. The number of rotatable bonds is 8. The fourth-order valence-corrected chi connectivity index (χ4v) is 3.96. The van der Waals surface area contributed by atoms with E-state index in [1.165, 1.54) is 5.56 Å². The van der Waals surface area contributed by atoms with Crippen LogP contribution in [0.1, 0.15) is 27.0 Å². The van der Waals surface area contributed by atoms with Crippen LogP contribution >= 0.6 is 0 Å². The van der Waals surface area contributed by atoms with Crippen molar-refractivity contribution in [2.24, 2.45) is 5.10 Å². The van der Waals surface area contributed by atoms with Gasteiger partial charge in [0.05, 0.1) is 45.7 Å². The Labute approximate surface area is 199 Å². The quantitative estimate of drug-likeness (QED) is 0.449. The van der Waals surface area contributed by atoms with E-state index in [1.807, 2.05) is 40.2 Å². The van der Waals surface area contributed by atoms with E-state index < -0.39 is 0 Å². The Kier molecular flexibility index (Phi) is 8.24. The molecule has 0 saturated carbocycles. The number of aliphatic hydroxyl groups excluding tert-OH is 1. The molecule has 2 N–H and O–H groups in total. The van der Waals surface area contributed by atoms with Crippen LogP contribution in [0.3, 0.4) is 0 Å². The summed E-state index contributed by atoms with van der Waals surface area (Å²) in [6.07, 6.45) is 2.62. The third-order valence-electron chi connectivity index (χ3n) is 5.79. The third kappa shape index (κ3) is 6.63. The van der Waals surface area contributed by atoms with Crippen molar-refractivity contribution in [1.82, 2.24) is 9.91 Å². The number of nitrogens with one attached hydrogen (secondary N) is 1. The number of carbonyl (C=O) groups is 2. The molecule has 34 heavy (non-hydrogen) atoms. The number of morpholine rings is 1. The molecule has 4 rings (SSSR count). The summed E-state index contributed by atoms with van der Waals surface area (Å²) in [7, 11) is 0. The van der Waals surface area contributed by atoms with E-state index >= 15 is 0 Å². The van der Waals surface area contributed by atoms with Gasteiger partial charge in [0.25, 0.3) is 5.91 Å². The molecule has 0 unspecified atom stereocenters. The van der Waals surface area contributed by atoms with Gasteiger partial charge in [0.1, 0.15) is 6.61 Å². The highest BCUT2D eigenvalue weighted by Gasteiger charge is 2.20. The molecule has 0 aliphatic carbocycles. The second kappa shape index (κ2) is 11.7. The van der Waals surface area contributed by atoms with Crippen LogP contribution in [-0.4, -0.2) is 85.7 Å². The summed E-state index contributed by atoms with van der Waals surface area (Å²) in [6, 6.07) is 13.2. The predicted octanol–water partition coefficient (Wildman–Crippen LogP) is 1.50. The smallest absolute Gasteiger partial charge is 0.320 e. The Balaban J connectivity index is 1.33. The molecule has 1 amide bonds. The first-order chi connectivity index (χ1) is 16.6. The minimum Gasteiger partial charge on any atom is -0.462 e. The highest BCUT2D eigenvalue weighted by molar-refractivity contribution is 6.04. The Morgan fingerprint density at radius 3 is 2.65 bits per heavy atom. The molecular weight excluding hydrogens is 436 g/mol. The van der Waals surface area contributed by atoms with Gasteiger partial charge in [0.15, 0.2) is 0 Å². The SMILES string of the molecule is O=C(CN1CCc2ccc(NC(=O)c3ccc(/C=N/N4CCOCC4)cc3)cc2C1)OCCO. The number of hydrazone groups is 1. The molecule has 2 aliphatic heterocycles. The van der Waals surface area contributed by atoms with Crippen LogP contribution in [0, 0.1) is 0 Å². The lowest BCUT2D eigenvalue weighted by molar-refractivity contribution is -0.146. The van der Waals surface area contributed by atoms with Gasteiger partial charge >= 0.3 is 5.97 Å². The van der Waals surface area contributed by atoms with E-state index in [9.17, 15) is 9.59 Å². The zero-order valence-corrected chi connectivity index (χ0v) is 19.1. The van der Waals surface area contributed by atoms with Crippen molar-refractivity contribution in [2.45, 2.75) is 13.0 Å². The maximum absolute atomic E-state index is 12.7. The normalized spacial score (nSPS) is 16.3. The van der Waals surface area contributed by atoms with Crippen molar-refractivity contribution >= 4 is 23.8 Å². The summed E-state index contributed by atoms with van der Waals surface area (Å²) in [6.45, 7) is 4.31. The molecule has 9 nitrogen and oxygen atoms in total. The molecule has 2 aromatic carbocycles. The molecule has 2 aromatic rings. The number of amides is 1. The van der Waals surface area contributed by atoms with Gasteiger partial charge in [0.2, 0.25) is 0 Å². The number of nitrogens with zero attached hydrogens (tertiary/aromatic N) is 3. The number of carbonyl (C=O) groups excluding carboxylic acids is 2. The highest BCUT2D eigenvalue weighted by Crippen LogP contribution is 2.23. The van der Waals surface area contributed by atoms with Crippen LogP contribution in [0.2, 0.25) is 0 Å². The van der Waals surface area contributed by atoms with E-state index in [0.717, 1.165) is 37.2 Å². The van der Waals surface area contributed by atoms with Gasteiger partial charge in [-0.05, 0) is 47.4 Å². The molecule has 0 spiro atoms. The first-order valence-electron chi connectivity index (χ1n) is 11.5. The number of esters is 1. The number of fused-ring (bicyclic) bond motifs is 1. The van der Waals surface area contributed by atoms with Gasteiger partial charge in [-0.1, -0.05) is 18.2 Å². The summed E-state index contributed by atoms with van der Waals surface area (Å²) >= 11 is 0. The summed E-state index contributed by atoms with van der Waals surface area (Å²) < 4.78 is 10.3. The van der Waals surface area contributed by atoms with Crippen LogP contribution in [0.5, 0.6) is 0 Å². The van der Waals surface area contributed by atoms with Gasteiger partial charge in [-0.3, -0.25) is 19.5 Å². The van der Waals surface area contributed by atoms with Crippen molar-refractivity contribution in [1.29, 1.82) is 0 Å². The average Bonchev–Trinajstić information content (AvgIpc) is 2.87. The van der Waals surface area contributed by atoms with E-state index in [2.05, 4.69) is 10.4 Å². The zero-order valence-electron chi connectivity index (χ0n) is 19.1. The maximum Gasteiger partial charge on any atom is 0.320 e. The van der Waals surface area contributed by atoms with Crippen LogP contribution in [0.15, 0.2) is 47.6 Å². The Morgan fingerprint density at radius 2 is 1.88 bits per heavy atom. The summed E-state index contributed by atoms with van der Waals surface area (Å²) in [4.78, 5) is 26.6. The summed E-state index contributed by atoms with van der Waals surface area (Å²) in [5, 5.41) is 18.2. The molecule has 1 fully saturated rings. The van der Waals surface area contributed by atoms with Gasteiger partial charge < -0.3 is 19.9 Å². The number of anilines is 1. The summed E-state index contributed by atoms with van der Waals surface area (Å²) in [5.74, 6) is -0.530. The van der Waals surface area contributed by atoms with Crippen molar-refractivity contribution < 1.29 is 24.2 Å². The largest absolute Gasteiger partial charge is 0.462 e. The molecule has 2 heterocycles. The molecule has 0 aromatic heterocycles. The predicted molar refractivity (Wildman–Crippen MR) is 128 cm³/mol. The number of benzene rings is 2. The van der Waals surface area contributed by atoms with Crippen LogP contribution in [0.25, 0.3) is 0 Å². The fraction of sp³-hybridized carbons (Fsp3) is 0.400. The molecule has 180 valence electrons. The first kappa shape index (κ1) is 23.9. The number of hydrogen-bond donors (Lipinski definition) is 2. The molecule has 9 heteroatoms. The van der Waals surface area contributed by atoms with Crippen LogP contribution in [-0.2, 0) is 27.2 Å². The average molecular weight is 467 g/mol. The van der Waals surface area contributed by atoms with E-state index in [-0.39, 0.29) is 31.6 Å². The molecule has 1 saturated heterocycles. The van der Waals surface area contributed by atoms with Gasteiger partial charge in [-0.2, -0.15) is 5.10 Å². The molecule has 0 radical (unpaired) electrons. The first-order valence-corrected chi connectivity index (χ1v) is 11.5. The van der Waals surface area contributed by atoms with Crippen molar-refractivity contribution in [3.63, 3.8) is 0 Å².